The molecule has 4 aliphatic rings. The van der Waals surface area contributed by atoms with Crippen LogP contribution in [0.25, 0.3) is 0 Å². The highest BCUT2D eigenvalue weighted by molar-refractivity contribution is 6.31. The van der Waals surface area contributed by atoms with Crippen LogP contribution in [0.4, 0.5) is 5.69 Å². The van der Waals surface area contributed by atoms with Crippen LogP contribution in [-0.2, 0) is 23.8 Å². The van der Waals surface area contributed by atoms with Crippen LogP contribution in [0.15, 0.2) is 36.4 Å². The molecule has 4 heterocycles. The normalized spacial score (nSPS) is 39.7. The standard InChI is InChI=1S/C18H16ClNO5/c1-17-6-7-18(25-17,16-23-8-9-24-16)13-12(17)14(21)20(15(13)22)11-4-2-10(19)3-5-11/h2-7,12-13,16H,8-9H2,1H3/t12-,13+,17-,18+/m0/s1. The van der Waals surface area contributed by atoms with E-state index >= 15 is 0 Å². The largest absolute Gasteiger partial charge is 0.354 e. The molecular weight excluding hydrogens is 346 g/mol. The maximum Gasteiger partial charge on any atom is 0.241 e. The Hall–Kier alpha value is -1.73. The lowest BCUT2D eigenvalue weighted by molar-refractivity contribution is -0.190. The second kappa shape index (κ2) is 4.92. The molecule has 25 heavy (non-hydrogen) atoms. The highest BCUT2D eigenvalue weighted by Crippen LogP contribution is 2.59. The molecule has 3 saturated heterocycles. The average Bonchev–Trinajstić information content (AvgIpc) is 3.31. The van der Waals surface area contributed by atoms with Crippen molar-refractivity contribution in [3.8, 4) is 0 Å². The zero-order valence-corrected chi connectivity index (χ0v) is 14.2. The van der Waals surface area contributed by atoms with E-state index in [9.17, 15) is 9.59 Å². The minimum Gasteiger partial charge on any atom is -0.354 e. The molecule has 4 atom stereocenters. The van der Waals surface area contributed by atoms with Gasteiger partial charge in [0, 0.05) is 5.02 Å². The van der Waals surface area contributed by atoms with Crippen LogP contribution in [0.3, 0.4) is 0 Å². The van der Waals surface area contributed by atoms with Crippen LogP contribution < -0.4 is 4.90 Å². The lowest BCUT2D eigenvalue weighted by Gasteiger charge is -2.32. The van der Waals surface area contributed by atoms with E-state index in [2.05, 4.69) is 0 Å². The van der Waals surface area contributed by atoms with Gasteiger partial charge < -0.3 is 14.2 Å². The number of benzene rings is 1. The van der Waals surface area contributed by atoms with Crippen molar-refractivity contribution in [1.82, 2.24) is 0 Å². The van der Waals surface area contributed by atoms with Crippen molar-refractivity contribution in [3.05, 3.63) is 41.4 Å². The Morgan fingerprint density at radius 2 is 1.68 bits per heavy atom. The Bertz CT molecular complexity index is 802. The van der Waals surface area contributed by atoms with Gasteiger partial charge >= 0.3 is 0 Å². The van der Waals surface area contributed by atoms with Crippen LogP contribution >= 0.6 is 11.6 Å². The third kappa shape index (κ3) is 1.85. The third-order valence-electron chi connectivity index (χ3n) is 5.56. The van der Waals surface area contributed by atoms with Gasteiger partial charge in [-0.15, -0.1) is 0 Å². The summed E-state index contributed by atoms with van der Waals surface area (Å²) < 4.78 is 17.5. The van der Waals surface area contributed by atoms with Crippen LogP contribution in [0, 0.1) is 11.8 Å². The Morgan fingerprint density at radius 3 is 2.36 bits per heavy atom. The summed E-state index contributed by atoms with van der Waals surface area (Å²) in [5, 5.41) is 0.546. The summed E-state index contributed by atoms with van der Waals surface area (Å²) in [5.41, 5.74) is -1.38. The van der Waals surface area contributed by atoms with Crippen molar-refractivity contribution in [1.29, 1.82) is 0 Å². The number of ether oxygens (including phenoxy) is 3. The van der Waals surface area contributed by atoms with Crippen molar-refractivity contribution in [2.75, 3.05) is 18.1 Å². The quantitative estimate of drug-likeness (QED) is 0.595. The first-order valence-corrected chi connectivity index (χ1v) is 8.61. The minimum atomic E-state index is -1.05. The summed E-state index contributed by atoms with van der Waals surface area (Å²) in [6.07, 6.45) is 3.01. The first-order chi connectivity index (χ1) is 12.0. The van der Waals surface area contributed by atoms with E-state index in [1.807, 2.05) is 19.1 Å². The average molecular weight is 362 g/mol. The van der Waals surface area contributed by atoms with Gasteiger partial charge in [0.1, 0.15) is 0 Å². The first kappa shape index (κ1) is 15.5. The van der Waals surface area contributed by atoms with Gasteiger partial charge in [-0.05, 0) is 37.3 Å². The summed E-state index contributed by atoms with van der Waals surface area (Å²) >= 11 is 5.92. The molecular formula is C18H16ClNO5. The zero-order valence-electron chi connectivity index (χ0n) is 13.5. The fourth-order valence-electron chi connectivity index (χ4n) is 4.52. The number of halogens is 1. The number of carbonyl (C=O) groups is 2. The number of hydrogen-bond acceptors (Lipinski definition) is 5. The van der Waals surface area contributed by atoms with Gasteiger partial charge in [0.2, 0.25) is 11.8 Å². The van der Waals surface area contributed by atoms with Gasteiger partial charge in [0.15, 0.2) is 11.9 Å². The van der Waals surface area contributed by atoms with Crippen molar-refractivity contribution in [2.24, 2.45) is 11.8 Å². The predicted molar refractivity (Wildman–Crippen MR) is 88.0 cm³/mol. The Labute approximate surface area is 149 Å². The number of carbonyl (C=O) groups excluding carboxylic acids is 2. The minimum absolute atomic E-state index is 0.260. The number of amides is 2. The highest BCUT2D eigenvalue weighted by Gasteiger charge is 2.75. The molecule has 0 radical (unpaired) electrons. The van der Waals surface area contributed by atoms with Crippen molar-refractivity contribution in [3.63, 3.8) is 0 Å². The van der Waals surface area contributed by atoms with Gasteiger partial charge in [-0.25, -0.2) is 4.90 Å². The predicted octanol–water partition coefficient (Wildman–Crippen LogP) is 1.92. The van der Waals surface area contributed by atoms with Crippen LogP contribution in [-0.4, -0.2) is 42.5 Å². The molecule has 1 aromatic rings. The van der Waals surface area contributed by atoms with Gasteiger partial charge in [0.05, 0.1) is 36.3 Å². The fraction of sp³-hybridized carbons (Fsp3) is 0.444. The molecule has 2 amide bonds. The van der Waals surface area contributed by atoms with Crippen LogP contribution in [0.2, 0.25) is 5.02 Å². The van der Waals surface area contributed by atoms with Gasteiger partial charge in [0.25, 0.3) is 0 Å². The summed E-state index contributed by atoms with van der Waals surface area (Å²) in [7, 11) is 0. The summed E-state index contributed by atoms with van der Waals surface area (Å²) in [5.74, 6) is -1.80. The molecule has 0 saturated carbocycles. The number of anilines is 1. The number of nitrogens with zero attached hydrogens (tertiary/aromatic N) is 1. The molecule has 0 unspecified atom stereocenters. The molecule has 130 valence electrons. The molecule has 3 fully saturated rings. The van der Waals surface area contributed by atoms with E-state index < -0.39 is 29.3 Å². The number of hydrogen-bond donors (Lipinski definition) is 0. The monoisotopic (exact) mass is 361 g/mol. The number of imide groups is 1. The molecule has 0 aliphatic carbocycles. The molecule has 7 heteroatoms. The second-order valence-corrected chi connectivity index (χ2v) is 7.43. The molecule has 6 nitrogen and oxygen atoms in total. The Morgan fingerprint density at radius 1 is 1.04 bits per heavy atom. The smallest absolute Gasteiger partial charge is 0.241 e. The third-order valence-corrected chi connectivity index (χ3v) is 5.81. The van der Waals surface area contributed by atoms with Gasteiger partial charge in [-0.1, -0.05) is 17.7 Å². The Kier molecular flexibility index (Phi) is 3.05. The lowest BCUT2D eigenvalue weighted by atomic mass is 9.72. The molecule has 2 bridgehead atoms. The van der Waals surface area contributed by atoms with E-state index in [0.717, 1.165) is 0 Å². The molecule has 0 aromatic heterocycles. The molecule has 4 aliphatic heterocycles. The summed E-state index contributed by atoms with van der Waals surface area (Å²) in [6.45, 7) is 2.73. The topological polar surface area (TPSA) is 65.1 Å². The van der Waals surface area contributed by atoms with Crippen molar-refractivity contribution >= 4 is 29.1 Å². The van der Waals surface area contributed by atoms with E-state index in [4.69, 9.17) is 25.8 Å². The fourth-order valence-corrected chi connectivity index (χ4v) is 4.64. The van der Waals surface area contributed by atoms with Crippen LogP contribution in [0.1, 0.15) is 6.92 Å². The molecule has 0 spiro atoms. The zero-order chi connectivity index (χ0) is 17.4. The number of rotatable bonds is 2. The van der Waals surface area contributed by atoms with E-state index in [1.54, 1.807) is 24.3 Å². The molecule has 1 aromatic carbocycles. The first-order valence-electron chi connectivity index (χ1n) is 8.23. The van der Waals surface area contributed by atoms with E-state index in [0.29, 0.717) is 23.9 Å². The van der Waals surface area contributed by atoms with Gasteiger partial charge in [-0.2, -0.15) is 0 Å². The van der Waals surface area contributed by atoms with Crippen molar-refractivity contribution in [2.45, 2.75) is 24.4 Å². The maximum atomic E-state index is 13.2. The second-order valence-electron chi connectivity index (χ2n) is 6.99. The Balaban J connectivity index is 1.59. The lowest BCUT2D eigenvalue weighted by Crippen LogP contribution is -2.49. The van der Waals surface area contributed by atoms with E-state index in [-0.39, 0.29) is 11.8 Å². The van der Waals surface area contributed by atoms with Crippen molar-refractivity contribution < 1.29 is 23.8 Å². The van der Waals surface area contributed by atoms with E-state index in [1.165, 1.54) is 4.90 Å². The summed E-state index contributed by atoms with van der Waals surface area (Å²) in [4.78, 5) is 27.6. The maximum absolute atomic E-state index is 13.2. The summed E-state index contributed by atoms with van der Waals surface area (Å²) in [6, 6.07) is 6.67. The highest BCUT2D eigenvalue weighted by atomic mass is 35.5. The van der Waals surface area contributed by atoms with Crippen LogP contribution in [0.5, 0.6) is 0 Å². The molecule has 0 N–H and O–H groups in total. The molecule has 5 rings (SSSR count). The van der Waals surface area contributed by atoms with Gasteiger partial charge in [-0.3, -0.25) is 9.59 Å². The number of fused-ring (bicyclic) bond motifs is 5. The SMILES string of the molecule is C[C@@]12C=C[C@@](C3OCCO3)(O1)[C@H]1C(=O)N(c3ccc(Cl)cc3)C(=O)[C@H]12.